The molecule has 1 N–H and O–H groups in total. The van der Waals surface area contributed by atoms with Gasteiger partial charge in [0.05, 0.1) is 11.2 Å². The van der Waals surface area contributed by atoms with Crippen LogP contribution in [0.15, 0.2) is 59.5 Å². The summed E-state index contributed by atoms with van der Waals surface area (Å²) >= 11 is 3.43. The number of hydrogen-bond acceptors (Lipinski definition) is 3. The van der Waals surface area contributed by atoms with Crippen molar-refractivity contribution < 1.29 is 0 Å². The van der Waals surface area contributed by atoms with E-state index in [-0.39, 0.29) is 0 Å². The summed E-state index contributed by atoms with van der Waals surface area (Å²) in [5.74, 6) is 0. The van der Waals surface area contributed by atoms with Crippen LogP contribution >= 0.6 is 15.9 Å². The summed E-state index contributed by atoms with van der Waals surface area (Å²) in [7, 11) is 0. The fraction of sp³-hybridized carbons (Fsp3) is 0.0667. The van der Waals surface area contributed by atoms with Gasteiger partial charge >= 0.3 is 0 Å². The normalized spacial score (nSPS) is 10.6. The number of benzene rings is 1. The van der Waals surface area contributed by atoms with Gasteiger partial charge in [-0.1, -0.05) is 24.3 Å². The van der Waals surface area contributed by atoms with Gasteiger partial charge in [-0.15, -0.1) is 0 Å². The Hall–Kier alpha value is -1.94. The van der Waals surface area contributed by atoms with Crippen LogP contribution < -0.4 is 5.32 Å². The lowest BCUT2D eigenvalue weighted by Gasteiger charge is -2.09. The van der Waals surface area contributed by atoms with E-state index in [1.807, 2.05) is 24.4 Å². The molecule has 0 atom stereocenters. The predicted octanol–water partition coefficient (Wildman–Crippen LogP) is 4.00. The highest BCUT2D eigenvalue weighted by molar-refractivity contribution is 9.10. The molecule has 2 aromatic heterocycles. The summed E-state index contributed by atoms with van der Waals surface area (Å²) in [6.07, 6.45) is 3.58. The molecular formula is C15H12BrN3. The molecule has 3 nitrogen and oxygen atoms in total. The van der Waals surface area contributed by atoms with Crippen LogP contribution in [0.2, 0.25) is 0 Å². The number of halogens is 1. The van der Waals surface area contributed by atoms with Gasteiger partial charge in [0.1, 0.15) is 4.60 Å². The molecule has 0 aliphatic carbocycles. The van der Waals surface area contributed by atoms with Crippen LogP contribution in [0.25, 0.3) is 10.9 Å². The minimum Gasteiger partial charge on any atom is -0.379 e. The molecule has 2 heterocycles. The maximum atomic E-state index is 4.45. The summed E-state index contributed by atoms with van der Waals surface area (Å²) < 4.78 is 0.822. The number of para-hydroxylation sites is 1. The molecule has 0 spiro atoms. The minimum absolute atomic E-state index is 0.721. The van der Waals surface area contributed by atoms with Crippen LogP contribution in [0.5, 0.6) is 0 Å². The number of nitrogens with zero attached hydrogens (tertiary/aromatic N) is 2. The Morgan fingerprint density at radius 2 is 1.74 bits per heavy atom. The SMILES string of the molecule is Brc1ncccc1NCc1cccc2cccnc12. The van der Waals surface area contributed by atoms with Crippen molar-refractivity contribution in [3.63, 3.8) is 0 Å². The van der Waals surface area contributed by atoms with Crippen molar-refractivity contribution in [1.29, 1.82) is 0 Å². The molecule has 3 rings (SSSR count). The Labute approximate surface area is 119 Å². The highest BCUT2D eigenvalue weighted by atomic mass is 79.9. The molecule has 0 aliphatic heterocycles. The lowest BCUT2D eigenvalue weighted by Crippen LogP contribution is -2.01. The molecule has 0 aliphatic rings. The largest absolute Gasteiger partial charge is 0.379 e. The highest BCUT2D eigenvalue weighted by Gasteiger charge is 2.03. The maximum absolute atomic E-state index is 4.45. The van der Waals surface area contributed by atoms with Gasteiger partial charge in [-0.25, -0.2) is 4.98 Å². The topological polar surface area (TPSA) is 37.8 Å². The zero-order valence-corrected chi connectivity index (χ0v) is 11.8. The Kier molecular flexibility index (Phi) is 3.42. The quantitative estimate of drug-likeness (QED) is 0.743. The van der Waals surface area contributed by atoms with E-state index in [1.54, 1.807) is 6.20 Å². The van der Waals surface area contributed by atoms with Crippen molar-refractivity contribution in [3.8, 4) is 0 Å². The number of fused-ring (bicyclic) bond motifs is 1. The lowest BCUT2D eigenvalue weighted by molar-refractivity contribution is 1.13. The van der Waals surface area contributed by atoms with Gasteiger partial charge < -0.3 is 5.32 Å². The van der Waals surface area contributed by atoms with Crippen LogP contribution in [0.4, 0.5) is 5.69 Å². The second kappa shape index (κ2) is 5.36. The van der Waals surface area contributed by atoms with Crippen LogP contribution in [0.3, 0.4) is 0 Å². The predicted molar refractivity (Wildman–Crippen MR) is 81.0 cm³/mol. The summed E-state index contributed by atoms with van der Waals surface area (Å²) in [5.41, 5.74) is 3.20. The molecule has 4 heteroatoms. The first-order valence-corrected chi connectivity index (χ1v) is 6.81. The molecule has 3 aromatic rings. The summed E-state index contributed by atoms with van der Waals surface area (Å²) in [6, 6.07) is 14.2. The number of anilines is 1. The summed E-state index contributed by atoms with van der Waals surface area (Å²) in [5, 5.41) is 4.53. The third-order valence-electron chi connectivity index (χ3n) is 2.94. The summed E-state index contributed by atoms with van der Waals surface area (Å²) in [6.45, 7) is 0.721. The number of aromatic nitrogens is 2. The lowest BCUT2D eigenvalue weighted by atomic mass is 10.1. The molecule has 0 saturated heterocycles. The number of pyridine rings is 2. The van der Waals surface area contributed by atoms with E-state index >= 15 is 0 Å². The Morgan fingerprint density at radius 3 is 2.63 bits per heavy atom. The average Bonchev–Trinajstić information content (AvgIpc) is 2.46. The highest BCUT2D eigenvalue weighted by Crippen LogP contribution is 2.21. The van der Waals surface area contributed by atoms with Crippen LogP contribution in [-0.2, 0) is 6.54 Å². The minimum atomic E-state index is 0.721. The van der Waals surface area contributed by atoms with Gasteiger partial charge in [0, 0.05) is 24.3 Å². The second-order valence-corrected chi connectivity index (χ2v) is 4.94. The second-order valence-electron chi connectivity index (χ2n) is 4.19. The molecule has 0 amide bonds. The molecule has 94 valence electrons. The maximum Gasteiger partial charge on any atom is 0.129 e. The van der Waals surface area contributed by atoms with Gasteiger partial charge in [0.2, 0.25) is 0 Å². The zero-order valence-electron chi connectivity index (χ0n) is 10.2. The van der Waals surface area contributed by atoms with Gasteiger partial charge in [-0.3, -0.25) is 4.98 Å². The van der Waals surface area contributed by atoms with Crippen molar-refractivity contribution in [1.82, 2.24) is 9.97 Å². The van der Waals surface area contributed by atoms with Crippen LogP contribution in [-0.4, -0.2) is 9.97 Å². The van der Waals surface area contributed by atoms with Crippen molar-refractivity contribution in [2.45, 2.75) is 6.54 Å². The van der Waals surface area contributed by atoms with Gasteiger partial charge in [0.25, 0.3) is 0 Å². The first kappa shape index (κ1) is 12.1. The van der Waals surface area contributed by atoms with Gasteiger partial charge in [-0.05, 0) is 39.7 Å². The molecule has 1 aromatic carbocycles. The average molecular weight is 314 g/mol. The smallest absolute Gasteiger partial charge is 0.129 e. The van der Waals surface area contributed by atoms with E-state index in [0.29, 0.717) is 0 Å². The van der Waals surface area contributed by atoms with E-state index in [2.05, 4.69) is 55.5 Å². The van der Waals surface area contributed by atoms with Crippen molar-refractivity contribution >= 4 is 32.5 Å². The standard InChI is InChI=1S/C15H12BrN3/c16-15-13(7-3-9-18-15)19-10-12-5-1-4-11-6-2-8-17-14(11)12/h1-9,19H,10H2. The fourth-order valence-corrected chi connectivity index (χ4v) is 2.41. The summed E-state index contributed by atoms with van der Waals surface area (Å²) in [4.78, 5) is 8.64. The Bertz CT molecular complexity index is 707. The van der Waals surface area contributed by atoms with Gasteiger partial charge in [0.15, 0.2) is 0 Å². The van der Waals surface area contributed by atoms with E-state index in [0.717, 1.165) is 27.7 Å². The molecule has 0 fully saturated rings. The first-order valence-electron chi connectivity index (χ1n) is 6.01. The first-order chi connectivity index (χ1) is 9.34. The van der Waals surface area contributed by atoms with E-state index < -0.39 is 0 Å². The Balaban J connectivity index is 1.88. The van der Waals surface area contributed by atoms with Gasteiger partial charge in [-0.2, -0.15) is 0 Å². The van der Waals surface area contributed by atoms with E-state index in [1.165, 1.54) is 5.56 Å². The number of hydrogen-bond donors (Lipinski definition) is 1. The molecular weight excluding hydrogens is 302 g/mol. The number of rotatable bonds is 3. The van der Waals surface area contributed by atoms with Crippen molar-refractivity contribution in [3.05, 3.63) is 65.0 Å². The van der Waals surface area contributed by atoms with Crippen LogP contribution in [0.1, 0.15) is 5.56 Å². The molecule has 0 radical (unpaired) electrons. The monoisotopic (exact) mass is 313 g/mol. The fourth-order valence-electron chi connectivity index (χ4n) is 2.02. The van der Waals surface area contributed by atoms with E-state index in [4.69, 9.17) is 0 Å². The Morgan fingerprint density at radius 1 is 0.947 bits per heavy atom. The third kappa shape index (κ3) is 2.58. The molecule has 0 bridgehead atoms. The zero-order chi connectivity index (χ0) is 13.1. The third-order valence-corrected chi connectivity index (χ3v) is 3.58. The van der Waals surface area contributed by atoms with E-state index in [9.17, 15) is 0 Å². The van der Waals surface area contributed by atoms with Crippen molar-refractivity contribution in [2.24, 2.45) is 0 Å². The van der Waals surface area contributed by atoms with Crippen LogP contribution in [0, 0.1) is 0 Å². The molecule has 0 saturated carbocycles. The molecule has 19 heavy (non-hydrogen) atoms. The number of nitrogens with one attached hydrogen (secondary N) is 1. The van der Waals surface area contributed by atoms with Crippen molar-refractivity contribution in [2.75, 3.05) is 5.32 Å². The molecule has 0 unspecified atom stereocenters.